The Hall–Kier alpha value is -6.44. The van der Waals surface area contributed by atoms with Crippen molar-refractivity contribution in [1.29, 1.82) is 0 Å². The van der Waals surface area contributed by atoms with E-state index in [1.54, 1.807) is 0 Å². The summed E-state index contributed by atoms with van der Waals surface area (Å²) >= 11 is 0. The molecule has 0 spiro atoms. The Morgan fingerprint density at radius 3 is 1.31 bits per heavy atom. The molecule has 0 heterocycles. The minimum atomic E-state index is -0.178. The number of fused-ring (bicyclic) bond motifs is 6. The maximum absolute atomic E-state index is 2.54. The predicted molar refractivity (Wildman–Crippen MR) is 233 cm³/mol. The van der Waals surface area contributed by atoms with Crippen LogP contribution < -0.4 is 4.90 Å². The van der Waals surface area contributed by atoms with Gasteiger partial charge in [0.2, 0.25) is 0 Å². The van der Waals surface area contributed by atoms with Gasteiger partial charge in [0.05, 0.1) is 0 Å². The van der Waals surface area contributed by atoms with E-state index in [2.05, 4.69) is 221 Å². The average Bonchev–Trinajstić information content (AvgIpc) is 3.60. The van der Waals surface area contributed by atoms with Crippen LogP contribution in [0.1, 0.15) is 49.9 Å². The molecule has 0 fully saturated rings. The van der Waals surface area contributed by atoms with Gasteiger partial charge in [-0.05, 0) is 120 Å². The van der Waals surface area contributed by atoms with Crippen LogP contribution in [0.5, 0.6) is 0 Å². The summed E-state index contributed by atoms with van der Waals surface area (Å²) in [7, 11) is 0. The second-order valence-electron chi connectivity index (χ2n) is 16.2. The lowest BCUT2D eigenvalue weighted by Gasteiger charge is -2.29. The lowest BCUT2D eigenvalue weighted by Crippen LogP contribution is -2.19. The second-order valence-corrected chi connectivity index (χ2v) is 16.2. The molecule has 0 radical (unpaired) electrons. The van der Waals surface area contributed by atoms with Gasteiger partial charge in [0.25, 0.3) is 0 Å². The molecule has 0 unspecified atom stereocenters. The molecule has 2 aliphatic rings. The topological polar surface area (TPSA) is 3.24 Å². The quantitative estimate of drug-likeness (QED) is 0.166. The molecule has 0 amide bonds. The zero-order valence-electron chi connectivity index (χ0n) is 31.8. The Kier molecular flexibility index (Phi) is 7.58. The van der Waals surface area contributed by atoms with Gasteiger partial charge in [-0.3, -0.25) is 0 Å². The lowest BCUT2D eigenvalue weighted by molar-refractivity contribution is 0.639. The second kappa shape index (κ2) is 12.6. The number of rotatable bonds is 6. The van der Waals surface area contributed by atoms with Gasteiger partial charge in [0, 0.05) is 27.9 Å². The molecule has 2 aliphatic carbocycles. The van der Waals surface area contributed by atoms with Crippen molar-refractivity contribution in [2.75, 3.05) is 4.90 Å². The molecule has 1 nitrogen and oxygen atoms in total. The van der Waals surface area contributed by atoms with Crippen LogP contribution in [0.2, 0.25) is 0 Å². The molecular weight excluding hydrogens is 663 g/mol. The first-order valence-corrected chi connectivity index (χ1v) is 19.4. The molecule has 0 saturated carbocycles. The molecule has 0 bridgehead atoms. The Balaban J connectivity index is 1.10. The molecule has 10 rings (SSSR count). The van der Waals surface area contributed by atoms with E-state index < -0.39 is 0 Å². The highest BCUT2D eigenvalue weighted by molar-refractivity contribution is 5.97. The Labute approximate surface area is 325 Å². The smallest absolute Gasteiger partial charge is 0.0465 e. The fraction of sp³-hybridized carbons (Fsp3) is 0.111. The summed E-state index contributed by atoms with van der Waals surface area (Å²) in [5.74, 6) is 0. The fourth-order valence-corrected chi connectivity index (χ4v) is 9.31. The third-order valence-electron chi connectivity index (χ3n) is 12.3. The monoisotopic (exact) mass is 705 g/mol. The van der Waals surface area contributed by atoms with Crippen LogP contribution in [-0.4, -0.2) is 0 Å². The van der Waals surface area contributed by atoms with Gasteiger partial charge in [-0.25, -0.2) is 0 Å². The van der Waals surface area contributed by atoms with Gasteiger partial charge >= 0.3 is 0 Å². The molecule has 0 atom stereocenters. The Bertz CT molecular complexity index is 2620. The number of nitrogens with zero attached hydrogens (tertiary/aromatic N) is 1. The van der Waals surface area contributed by atoms with Crippen molar-refractivity contribution in [2.24, 2.45) is 0 Å². The van der Waals surface area contributed by atoms with E-state index in [9.17, 15) is 0 Å². The van der Waals surface area contributed by atoms with Crippen LogP contribution in [0, 0.1) is 0 Å². The van der Waals surface area contributed by atoms with Gasteiger partial charge in [0.1, 0.15) is 0 Å². The molecule has 0 saturated heterocycles. The van der Waals surface area contributed by atoms with Crippen LogP contribution in [0.15, 0.2) is 188 Å². The van der Waals surface area contributed by atoms with Gasteiger partial charge in [-0.1, -0.05) is 173 Å². The van der Waals surface area contributed by atoms with E-state index in [1.807, 2.05) is 0 Å². The normalized spacial score (nSPS) is 14.1. The third kappa shape index (κ3) is 5.29. The van der Waals surface area contributed by atoms with Crippen LogP contribution >= 0.6 is 0 Å². The summed E-state index contributed by atoms with van der Waals surface area (Å²) in [6.07, 6.45) is 0. The minimum Gasteiger partial charge on any atom is -0.310 e. The van der Waals surface area contributed by atoms with Gasteiger partial charge in [-0.15, -0.1) is 0 Å². The molecule has 0 aliphatic heterocycles. The van der Waals surface area contributed by atoms with Crippen molar-refractivity contribution in [1.82, 2.24) is 0 Å². The van der Waals surface area contributed by atoms with Crippen molar-refractivity contribution >= 4 is 17.1 Å². The highest BCUT2D eigenvalue weighted by Crippen LogP contribution is 2.58. The average molecular weight is 706 g/mol. The minimum absolute atomic E-state index is 0.102. The first-order chi connectivity index (χ1) is 26.8. The van der Waals surface area contributed by atoms with E-state index in [0.29, 0.717) is 0 Å². The summed E-state index contributed by atoms with van der Waals surface area (Å²) in [6.45, 7) is 9.62. The maximum Gasteiger partial charge on any atom is 0.0465 e. The highest BCUT2D eigenvalue weighted by atomic mass is 15.1. The van der Waals surface area contributed by atoms with Crippen LogP contribution in [0.4, 0.5) is 17.1 Å². The number of hydrogen-bond acceptors (Lipinski definition) is 1. The Morgan fingerprint density at radius 2 is 0.745 bits per heavy atom. The van der Waals surface area contributed by atoms with E-state index in [0.717, 1.165) is 17.1 Å². The predicted octanol–water partition coefficient (Wildman–Crippen LogP) is 14.8. The molecular formula is C54H43N. The van der Waals surface area contributed by atoms with E-state index in [-0.39, 0.29) is 10.8 Å². The van der Waals surface area contributed by atoms with E-state index >= 15 is 0 Å². The van der Waals surface area contributed by atoms with Crippen molar-refractivity contribution in [3.05, 3.63) is 210 Å². The summed E-state index contributed by atoms with van der Waals surface area (Å²) < 4.78 is 0. The summed E-state index contributed by atoms with van der Waals surface area (Å²) in [6, 6.07) is 69.2. The highest BCUT2D eigenvalue weighted by Gasteiger charge is 2.42. The standard InChI is InChI=1S/C54H43N/c1-53(2)48-22-14-21-44(40-19-12-7-13-20-40)52(48)47-34-46-45-32-31-43(33-49(45)54(3,4)50(46)35-51(47)53)55(41-27-23-38(24-28-41)36-15-8-5-9-16-36)42-29-25-39(26-30-42)37-17-10-6-11-18-37/h5-35H,1-4H3. The zero-order valence-corrected chi connectivity index (χ0v) is 31.8. The lowest BCUT2D eigenvalue weighted by atomic mass is 9.77. The van der Waals surface area contributed by atoms with Crippen LogP contribution in [0.25, 0.3) is 55.6 Å². The maximum atomic E-state index is 2.54. The van der Waals surface area contributed by atoms with Gasteiger partial charge < -0.3 is 4.90 Å². The summed E-state index contributed by atoms with van der Waals surface area (Å²) in [4.78, 5) is 2.41. The van der Waals surface area contributed by atoms with E-state index in [1.165, 1.54) is 77.9 Å². The molecule has 1 heteroatoms. The van der Waals surface area contributed by atoms with Gasteiger partial charge in [-0.2, -0.15) is 0 Å². The van der Waals surface area contributed by atoms with E-state index in [4.69, 9.17) is 0 Å². The van der Waals surface area contributed by atoms with Gasteiger partial charge in [0.15, 0.2) is 0 Å². The SMILES string of the molecule is CC1(C)c2cc(N(c3ccc(-c4ccccc4)cc3)c3ccc(-c4ccccc4)cc3)ccc2-c2cc3c(cc21)C(C)(C)c1cccc(-c2ccccc2)c1-3. The molecule has 0 aromatic heterocycles. The number of anilines is 3. The molecule has 8 aromatic carbocycles. The third-order valence-corrected chi connectivity index (χ3v) is 12.3. The van der Waals surface area contributed by atoms with Crippen molar-refractivity contribution in [3.63, 3.8) is 0 Å². The van der Waals surface area contributed by atoms with Crippen LogP contribution in [0.3, 0.4) is 0 Å². The molecule has 8 aromatic rings. The van der Waals surface area contributed by atoms with Crippen molar-refractivity contribution in [2.45, 2.75) is 38.5 Å². The number of benzene rings is 8. The van der Waals surface area contributed by atoms with Crippen LogP contribution in [-0.2, 0) is 10.8 Å². The molecule has 55 heavy (non-hydrogen) atoms. The fourth-order valence-electron chi connectivity index (χ4n) is 9.31. The largest absolute Gasteiger partial charge is 0.310 e. The Morgan fingerprint density at radius 1 is 0.291 bits per heavy atom. The van der Waals surface area contributed by atoms with Crippen molar-refractivity contribution in [3.8, 4) is 55.6 Å². The molecule has 0 N–H and O–H groups in total. The molecule has 264 valence electrons. The summed E-state index contributed by atoms with van der Waals surface area (Å²) in [5, 5.41) is 0. The zero-order chi connectivity index (χ0) is 37.3. The number of hydrogen-bond donors (Lipinski definition) is 0. The first kappa shape index (κ1) is 33.2. The first-order valence-electron chi connectivity index (χ1n) is 19.4. The van der Waals surface area contributed by atoms with Crippen molar-refractivity contribution < 1.29 is 0 Å². The summed E-state index contributed by atoms with van der Waals surface area (Å²) in [5.41, 5.74) is 21.6.